The second-order valence-electron chi connectivity index (χ2n) is 6.99. The van der Waals surface area contributed by atoms with E-state index in [4.69, 9.17) is 5.73 Å². The van der Waals surface area contributed by atoms with Crippen LogP contribution in [0.1, 0.15) is 17.5 Å². The van der Waals surface area contributed by atoms with Crippen LogP contribution in [0.3, 0.4) is 0 Å². The summed E-state index contributed by atoms with van der Waals surface area (Å²) < 4.78 is 14.4. The number of H-pyrrole nitrogens is 1. The van der Waals surface area contributed by atoms with Crippen molar-refractivity contribution >= 4 is 17.7 Å². The third-order valence-corrected chi connectivity index (χ3v) is 4.66. The molecular weight excluding hydrogens is 399 g/mol. The van der Waals surface area contributed by atoms with Gasteiger partial charge in [0.2, 0.25) is 5.95 Å². The number of hydrogen-bond donors (Lipinski definition) is 5. The number of amides is 2. The van der Waals surface area contributed by atoms with Gasteiger partial charge in [0.15, 0.2) is 0 Å². The highest BCUT2D eigenvalue weighted by Gasteiger charge is 2.11. The van der Waals surface area contributed by atoms with Gasteiger partial charge >= 0.3 is 6.03 Å². The monoisotopic (exact) mass is 424 g/mol. The lowest BCUT2D eigenvalue weighted by Gasteiger charge is -2.10. The highest BCUT2D eigenvalue weighted by atomic mass is 19.1. The van der Waals surface area contributed by atoms with Crippen LogP contribution >= 0.6 is 0 Å². The minimum atomic E-state index is -0.585. The number of aryl methyl sites for hydroxylation is 1. The standard InChI is InChI=1S/C22H25FN6O2/c1-14-5-2-3-6-19(14)27-22(31)29-21-26-13-17(20(30)28-21)15-7-8-16(18(23)11-15)12-25-10-4-9-24/h2-3,5-8,11,13,25H,4,9-10,12,24H2,1H3,(H3,26,27,28,29,30,31). The van der Waals surface area contributed by atoms with Gasteiger partial charge in [0.1, 0.15) is 5.82 Å². The molecule has 0 unspecified atom stereocenters. The molecule has 8 nitrogen and oxygen atoms in total. The number of aromatic nitrogens is 2. The van der Waals surface area contributed by atoms with E-state index >= 15 is 0 Å². The number of anilines is 2. The predicted molar refractivity (Wildman–Crippen MR) is 119 cm³/mol. The Morgan fingerprint density at radius 1 is 1.19 bits per heavy atom. The van der Waals surface area contributed by atoms with E-state index in [0.29, 0.717) is 36.4 Å². The maximum atomic E-state index is 14.4. The van der Waals surface area contributed by atoms with Gasteiger partial charge in [-0.3, -0.25) is 10.1 Å². The van der Waals surface area contributed by atoms with Crippen molar-refractivity contribution in [2.24, 2.45) is 5.73 Å². The number of urea groups is 1. The van der Waals surface area contributed by atoms with Crippen LogP contribution in [0.5, 0.6) is 0 Å². The fourth-order valence-corrected chi connectivity index (χ4v) is 2.95. The molecule has 0 aliphatic heterocycles. The van der Waals surface area contributed by atoms with E-state index in [1.165, 1.54) is 12.3 Å². The zero-order valence-electron chi connectivity index (χ0n) is 17.2. The minimum absolute atomic E-state index is 0.0129. The van der Waals surface area contributed by atoms with Crippen molar-refractivity contribution in [1.29, 1.82) is 0 Å². The molecule has 0 bridgehead atoms. The number of nitrogens with one attached hydrogen (secondary N) is 4. The van der Waals surface area contributed by atoms with Crippen LogP contribution in [0.4, 0.5) is 20.8 Å². The summed E-state index contributed by atoms with van der Waals surface area (Å²) in [6.07, 6.45) is 2.21. The van der Waals surface area contributed by atoms with E-state index in [-0.39, 0.29) is 11.5 Å². The van der Waals surface area contributed by atoms with Gasteiger partial charge < -0.3 is 21.4 Å². The van der Waals surface area contributed by atoms with Crippen LogP contribution in [0.15, 0.2) is 53.5 Å². The van der Waals surface area contributed by atoms with Crippen molar-refractivity contribution in [1.82, 2.24) is 15.3 Å². The lowest BCUT2D eigenvalue weighted by atomic mass is 10.1. The zero-order valence-corrected chi connectivity index (χ0v) is 17.2. The zero-order chi connectivity index (χ0) is 22.2. The molecule has 31 heavy (non-hydrogen) atoms. The maximum absolute atomic E-state index is 14.4. The summed E-state index contributed by atoms with van der Waals surface area (Å²) in [5.41, 5.74) is 7.49. The van der Waals surface area contributed by atoms with Crippen molar-refractivity contribution in [2.45, 2.75) is 19.9 Å². The number of halogens is 1. The smallest absolute Gasteiger partial charge is 0.326 e. The molecule has 162 valence electrons. The Kier molecular flexibility index (Phi) is 7.47. The lowest BCUT2D eigenvalue weighted by Crippen LogP contribution is -2.23. The van der Waals surface area contributed by atoms with E-state index in [1.54, 1.807) is 24.3 Å². The lowest BCUT2D eigenvalue weighted by molar-refractivity contribution is 0.262. The van der Waals surface area contributed by atoms with Gasteiger partial charge in [0.25, 0.3) is 5.56 Å². The molecule has 0 saturated carbocycles. The molecule has 1 heterocycles. The normalized spacial score (nSPS) is 10.7. The van der Waals surface area contributed by atoms with Crippen LogP contribution in [0, 0.1) is 12.7 Å². The molecule has 0 spiro atoms. The topological polar surface area (TPSA) is 125 Å². The van der Waals surface area contributed by atoms with E-state index < -0.39 is 17.4 Å². The Labute approximate surface area is 179 Å². The first-order valence-electron chi connectivity index (χ1n) is 9.91. The Morgan fingerprint density at radius 2 is 2.00 bits per heavy atom. The third-order valence-electron chi connectivity index (χ3n) is 4.66. The number of carbonyl (C=O) groups is 1. The highest BCUT2D eigenvalue weighted by Crippen LogP contribution is 2.19. The molecule has 0 fully saturated rings. The van der Waals surface area contributed by atoms with Gasteiger partial charge in [-0.2, -0.15) is 4.98 Å². The number of benzene rings is 2. The van der Waals surface area contributed by atoms with Gasteiger partial charge in [0.05, 0.1) is 5.56 Å². The van der Waals surface area contributed by atoms with Crippen molar-refractivity contribution in [3.05, 3.63) is 76.0 Å². The number of aromatic amines is 1. The van der Waals surface area contributed by atoms with Gasteiger partial charge in [-0.1, -0.05) is 30.3 Å². The summed E-state index contributed by atoms with van der Waals surface area (Å²) in [7, 11) is 0. The average Bonchev–Trinajstić information content (AvgIpc) is 2.74. The summed E-state index contributed by atoms with van der Waals surface area (Å²) in [5.74, 6) is -0.432. The molecule has 2 amide bonds. The quantitative estimate of drug-likeness (QED) is 0.356. The van der Waals surface area contributed by atoms with Crippen LogP contribution < -0.4 is 27.2 Å². The number of rotatable bonds is 8. The fraction of sp³-hybridized carbons (Fsp3) is 0.227. The number of carbonyl (C=O) groups excluding carboxylic acids is 1. The molecule has 0 aliphatic carbocycles. The number of nitrogens with two attached hydrogens (primary N) is 1. The Bertz CT molecular complexity index is 1120. The van der Waals surface area contributed by atoms with Gasteiger partial charge in [-0.25, -0.2) is 9.18 Å². The molecule has 0 aliphatic rings. The summed E-state index contributed by atoms with van der Waals surface area (Å²) in [5, 5.41) is 8.29. The SMILES string of the molecule is Cc1ccccc1NC(=O)Nc1nc(=O)c(-c2ccc(CNCCCN)c(F)c2)c[nH]1. The molecule has 0 radical (unpaired) electrons. The number of hydrogen-bond acceptors (Lipinski definition) is 5. The van der Waals surface area contributed by atoms with Crippen molar-refractivity contribution in [2.75, 3.05) is 23.7 Å². The van der Waals surface area contributed by atoms with Crippen LogP contribution in [0.2, 0.25) is 0 Å². The van der Waals surface area contributed by atoms with Crippen molar-refractivity contribution in [3.63, 3.8) is 0 Å². The van der Waals surface area contributed by atoms with Gasteiger partial charge in [-0.15, -0.1) is 0 Å². The Balaban J connectivity index is 1.68. The molecular formula is C22H25FN6O2. The van der Waals surface area contributed by atoms with Gasteiger partial charge in [-0.05, 0) is 49.7 Å². The predicted octanol–water partition coefficient (Wildman–Crippen LogP) is 2.97. The van der Waals surface area contributed by atoms with E-state index in [0.717, 1.165) is 12.0 Å². The van der Waals surface area contributed by atoms with Crippen molar-refractivity contribution < 1.29 is 9.18 Å². The average molecular weight is 424 g/mol. The van der Waals surface area contributed by atoms with E-state index in [2.05, 4.69) is 25.9 Å². The molecule has 9 heteroatoms. The maximum Gasteiger partial charge on any atom is 0.326 e. The number of para-hydroxylation sites is 1. The first kappa shape index (κ1) is 22.1. The molecule has 2 aromatic carbocycles. The first-order chi connectivity index (χ1) is 15.0. The van der Waals surface area contributed by atoms with Crippen LogP contribution in [-0.2, 0) is 6.54 Å². The third kappa shape index (κ3) is 5.97. The molecule has 3 aromatic rings. The van der Waals surface area contributed by atoms with Crippen molar-refractivity contribution in [3.8, 4) is 11.1 Å². The summed E-state index contributed by atoms with van der Waals surface area (Å²) in [6, 6.07) is 11.3. The number of nitrogens with zero attached hydrogens (tertiary/aromatic N) is 1. The van der Waals surface area contributed by atoms with Crippen LogP contribution in [0.25, 0.3) is 11.1 Å². The largest absolute Gasteiger partial charge is 0.331 e. The van der Waals surface area contributed by atoms with Crippen LogP contribution in [-0.4, -0.2) is 29.1 Å². The molecule has 0 saturated heterocycles. The second-order valence-corrected chi connectivity index (χ2v) is 6.99. The van der Waals surface area contributed by atoms with E-state index in [9.17, 15) is 14.0 Å². The second kappa shape index (κ2) is 10.5. The first-order valence-corrected chi connectivity index (χ1v) is 9.91. The van der Waals surface area contributed by atoms with E-state index in [1.807, 2.05) is 19.1 Å². The minimum Gasteiger partial charge on any atom is -0.331 e. The van der Waals surface area contributed by atoms with Gasteiger partial charge in [0, 0.05) is 24.0 Å². The fourth-order valence-electron chi connectivity index (χ4n) is 2.95. The summed E-state index contributed by atoms with van der Waals surface area (Å²) >= 11 is 0. The molecule has 3 rings (SSSR count). The molecule has 0 atom stereocenters. The Hall–Kier alpha value is -3.56. The summed E-state index contributed by atoms with van der Waals surface area (Å²) in [4.78, 5) is 31.2. The molecule has 6 N–H and O–H groups in total. The summed E-state index contributed by atoms with van der Waals surface area (Å²) in [6.45, 7) is 3.51. The molecule has 1 aromatic heterocycles. The highest BCUT2D eigenvalue weighted by molar-refractivity contribution is 5.99. The Morgan fingerprint density at radius 3 is 2.71 bits per heavy atom.